The van der Waals surface area contributed by atoms with Crippen molar-refractivity contribution >= 4 is 17.2 Å². The third kappa shape index (κ3) is 2.99. The highest BCUT2D eigenvalue weighted by atomic mass is 16.1. The minimum absolute atomic E-state index is 0.145. The van der Waals surface area contributed by atoms with Gasteiger partial charge in [-0.2, -0.15) is 0 Å². The monoisotopic (exact) mass is 328 g/mol. The number of rotatable bonds is 3. The van der Waals surface area contributed by atoms with E-state index in [9.17, 15) is 4.79 Å². The number of imidazole rings is 1. The second kappa shape index (κ2) is 6.20. The van der Waals surface area contributed by atoms with Crippen molar-refractivity contribution in [1.29, 1.82) is 0 Å². The molecule has 0 atom stereocenters. The molecule has 0 radical (unpaired) electrons. The van der Waals surface area contributed by atoms with Crippen LogP contribution in [0, 0.1) is 6.92 Å². The topological polar surface area (TPSA) is 59.3 Å². The van der Waals surface area contributed by atoms with Gasteiger partial charge in [0.25, 0.3) is 5.91 Å². The van der Waals surface area contributed by atoms with E-state index in [0.29, 0.717) is 5.56 Å². The van der Waals surface area contributed by atoms with Crippen LogP contribution in [0.1, 0.15) is 16.1 Å². The zero-order valence-corrected chi connectivity index (χ0v) is 13.7. The number of pyridine rings is 2. The Balaban J connectivity index is 1.61. The Hall–Kier alpha value is -3.47. The number of nitrogens with zero attached hydrogens (tertiary/aromatic N) is 3. The Bertz CT molecular complexity index is 1050. The van der Waals surface area contributed by atoms with Gasteiger partial charge in [0.2, 0.25) is 0 Å². The summed E-state index contributed by atoms with van der Waals surface area (Å²) in [5, 5.41) is 2.95. The predicted octanol–water partition coefficient (Wildman–Crippen LogP) is 3.96. The van der Waals surface area contributed by atoms with Gasteiger partial charge in [0, 0.05) is 36.0 Å². The van der Waals surface area contributed by atoms with Crippen molar-refractivity contribution in [3.05, 3.63) is 84.6 Å². The lowest BCUT2D eigenvalue weighted by molar-refractivity contribution is 0.102. The first-order valence-electron chi connectivity index (χ1n) is 7.96. The average molecular weight is 328 g/mol. The van der Waals surface area contributed by atoms with E-state index in [1.54, 1.807) is 24.7 Å². The molecule has 4 aromatic rings. The van der Waals surface area contributed by atoms with E-state index in [1.165, 1.54) is 0 Å². The molecule has 0 unspecified atom stereocenters. The van der Waals surface area contributed by atoms with Crippen LogP contribution in [0.2, 0.25) is 0 Å². The quantitative estimate of drug-likeness (QED) is 0.619. The lowest BCUT2D eigenvalue weighted by Gasteiger charge is -2.08. The molecular formula is C20H16N4O. The first-order chi connectivity index (χ1) is 12.2. The molecule has 0 fully saturated rings. The van der Waals surface area contributed by atoms with Crippen molar-refractivity contribution in [3.63, 3.8) is 0 Å². The van der Waals surface area contributed by atoms with E-state index in [2.05, 4.69) is 15.3 Å². The van der Waals surface area contributed by atoms with Crippen molar-refractivity contribution in [2.24, 2.45) is 0 Å². The smallest absolute Gasteiger partial charge is 0.255 e. The van der Waals surface area contributed by atoms with Crippen LogP contribution in [0.5, 0.6) is 0 Å². The van der Waals surface area contributed by atoms with Crippen LogP contribution in [-0.2, 0) is 0 Å². The maximum atomic E-state index is 12.6. The summed E-state index contributed by atoms with van der Waals surface area (Å²) in [5.74, 6) is -0.145. The maximum Gasteiger partial charge on any atom is 0.255 e. The van der Waals surface area contributed by atoms with Crippen molar-refractivity contribution in [3.8, 4) is 11.1 Å². The molecule has 25 heavy (non-hydrogen) atoms. The number of nitrogens with one attached hydrogen (secondary N) is 1. The summed E-state index contributed by atoms with van der Waals surface area (Å²) < 4.78 is 1.95. The van der Waals surface area contributed by atoms with Crippen molar-refractivity contribution in [2.45, 2.75) is 6.92 Å². The van der Waals surface area contributed by atoms with Crippen LogP contribution in [0.25, 0.3) is 16.8 Å². The maximum absolute atomic E-state index is 12.6. The highest BCUT2D eigenvalue weighted by molar-refractivity contribution is 6.04. The number of fused-ring (bicyclic) bond motifs is 1. The highest BCUT2D eigenvalue weighted by Gasteiger charge is 2.09. The number of hydrogen-bond donors (Lipinski definition) is 1. The molecule has 1 N–H and O–H groups in total. The Kier molecular flexibility index (Phi) is 3.74. The van der Waals surface area contributed by atoms with Gasteiger partial charge in [-0.05, 0) is 54.4 Å². The van der Waals surface area contributed by atoms with Gasteiger partial charge < -0.3 is 9.72 Å². The summed E-state index contributed by atoms with van der Waals surface area (Å²) in [5.41, 5.74) is 5.22. The molecule has 1 aromatic carbocycles. The minimum Gasteiger partial charge on any atom is -0.321 e. The lowest BCUT2D eigenvalue weighted by atomic mass is 10.0. The van der Waals surface area contributed by atoms with Crippen LogP contribution in [0.15, 0.2) is 73.3 Å². The third-order valence-electron chi connectivity index (χ3n) is 4.09. The SMILES string of the molecule is Cc1cnc2ccc(NC(=O)c3cccc(-c4ccncc4)c3)cn12. The second-order valence-corrected chi connectivity index (χ2v) is 5.82. The molecule has 122 valence electrons. The van der Waals surface area contributed by atoms with Gasteiger partial charge in [-0.3, -0.25) is 9.78 Å². The number of hydrogen-bond acceptors (Lipinski definition) is 3. The Morgan fingerprint density at radius 2 is 1.88 bits per heavy atom. The molecule has 0 saturated carbocycles. The molecule has 4 rings (SSSR count). The molecule has 0 aliphatic carbocycles. The number of anilines is 1. The highest BCUT2D eigenvalue weighted by Crippen LogP contribution is 2.20. The van der Waals surface area contributed by atoms with Crippen LogP contribution in [0.4, 0.5) is 5.69 Å². The van der Waals surface area contributed by atoms with E-state index < -0.39 is 0 Å². The van der Waals surface area contributed by atoms with Crippen molar-refractivity contribution in [1.82, 2.24) is 14.4 Å². The average Bonchev–Trinajstić information content (AvgIpc) is 3.03. The molecule has 1 amide bonds. The number of amides is 1. The standard InChI is InChI=1S/C20H16N4O/c1-14-12-22-19-6-5-18(13-24(14)19)23-20(25)17-4-2-3-16(11-17)15-7-9-21-10-8-15/h2-13H,1H3,(H,23,25). The number of aryl methyl sites for hydroxylation is 1. The number of carbonyl (C=O) groups excluding carboxylic acids is 1. The van der Waals surface area contributed by atoms with E-state index in [0.717, 1.165) is 28.2 Å². The summed E-state index contributed by atoms with van der Waals surface area (Å²) in [7, 11) is 0. The molecule has 0 aliphatic rings. The van der Waals surface area contributed by atoms with Crippen LogP contribution >= 0.6 is 0 Å². The van der Waals surface area contributed by atoms with Crippen LogP contribution in [0.3, 0.4) is 0 Å². The van der Waals surface area contributed by atoms with Gasteiger partial charge in [-0.1, -0.05) is 12.1 Å². The number of aromatic nitrogens is 3. The van der Waals surface area contributed by atoms with Crippen molar-refractivity contribution < 1.29 is 4.79 Å². The lowest BCUT2D eigenvalue weighted by Crippen LogP contribution is -2.12. The second-order valence-electron chi connectivity index (χ2n) is 5.82. The molecule has 5 heteroatoms. The summed E-state index contributed by atoms with van der Waals surface area (Å²) in [6, 6.07) is 15.1. The normalized spacial score (nSPS) is 10.8. The van der Waals surface area contributed by atoms with Crippen LogP contribution < -0.4 is 5.32 Å². The predicted molar refractivity (Wildman–Crippen MR) is 97.6 cm³/mol. The zero-order valence-electron chi connectivity index (χ0n) is 13.7. The number of benzene rings is 1. The fourth-order valence-corrected chi connectivity index (χ4v) is 2.76. The van der Waals surface area contributed by atoms with Gasteiger partial charge >= 0.3 is 0 Å². The van der Waals surface area contributed by atoms with E-state index in [-0.39, 0.29) is 5.91 Å². The van der Waals surface area contributed by atoms with E-state index in [4.69, 9.17) is 0 Å². The van der Waals surface area contributed by atoms with Crippen molar-refractivity contribution in [2.75, 3.05) is 5.32 Å². The molecule has 5 nitrogen and oxygen atoms in total. The third-order valence-corrected chi connectivity index (χ3v) is 4.09. The first kappa shape index (κ1) is 15.1. The Labute approximate surface area is 145 Å². The molecule has 3 heterocycles. The molecule has 0 spiro atoms. The zero-order chi connectivity index (χ0) is 17.2. The fraction of sp³-hybridized carbons (Fsp3) is 0.0500. The van der Waals surface area contributed by atoms with Gasteiger partial charge in [-0.15, -0.1) is 0 Å². The summed E-state index contributed by atoms with van der Waals surface area (Å²) in [6.45, 7) is 1.98. The minimum atomic E-state index is -0.145. The molecular weight excluding hydrogens is 312 g/mol. The number of carbonyl (C=O) groups is 1. The van der Waals surface area contributed by atoms with Crippen LogP contribution in [-0.4, -0.2) is 20.3 Å². The fourth-order valence-electron chi connectivity index (χ4n) is 2.76. The van der Waals surface area contributed by atoms with Gasteiger partial charge in [0.1, 0.15) is 5.65 Å². The Morgan fingerprint density at radius 3 is 2.72 bits per heavy atom. The molecule has 3 aromatic heterocycles. The summed E-state index contributed by atoms with van der Waals surface area (Å²) in [4.78, 5) is 20.9. The summed E-state index contributed by atoms with van der Waals surface area (Å²) >= 11 is 0. The molecule has 0 saturated heterocycles. The summed E-state index contributed by atoms with van der Waals surface area (Å²) in [6.07, 6.45) is 7.16. The molecule has 0 aliphatic heterocycles. The van der Waals surface area contributed by atoms with Gasteiger partial charge in [-0.25, -0.2) is 4.98 Å². The first-order valence-corrected chi connectivity index (χ1v) is 7.96. The Morgan fingerprint density at radius 1 is 1.04 bits per heavy atom. The van der Waals surface area contributed by atoms with E-state index in [1.807, 2.05) is 60.0 Å². The largest absolute Gasteiger partial charge is 0.321 e. The molecule has 0 bridgehead atoms. The van der Waals surface area contributed by atoms with E-state index >= 15 is 0 Å². The van der Waals surface area contributed by atoms with Gasteiger partial charge in [0.05, 0.1) is 5.69 Å². The van der Waals surface area contributed by atoms with Gasteiger partial charge in [0.15, 0.2) is 0 Å².